The van der Waals surface area contributed by atoms with Crippen LogP contribution < -0.4 is 10.1 Å². The highest BCUT2D eigenvalue weighted by atomic mass is 16.5. The van der Waals surface area contributed by atoms with Gasteiger partial charge in [0.1, 0.15) is 17.7 Å². The Bertz CT molecular complexity index is 1100. The summed E-state index contributed by atoms with van der Waals surface area (Å²) in [5, 5.41) is 6.20. The van der Waals surface area contributed by atoms with Crippen LogP contribution in [0.2, 0.25) is 0 Å². The second kappa shape index (κ2) is 7.87. The Kier molecular flexibility index (Phi) is 5.13. The van der Waals surface area contributed by atoms with Gasteiger partial charge in [0, 0.05) is 25.1 Å². The lowest BCUT2D eigenvalue weighted by molar-refractivity contribution is 0.416. The smallest absolute Gasteiger partial charge is 0.191 e. The van der Waals surface area contributed by atoms with E-state index < -0.39 is 0 Å². The number of aryl methyl sites for hydroxylation is 1. The van der Waals surface area contributed by atoms with Crippen molar-refractivity contribution in [2.75, 3.05) is 7.11 Å². The fourth-order valence-corrected chi connectivity index (χ4v) is 3.56. The summed E-state index contributed by atoms with van der Waals surface area (Å²) in [6, 6.07) is 21.4. The van der Waals surface area contributed by atoms with E-state index in [0.717, 1.165) is 23.6 Å². The third-order valence-corrected chi connectivity index (χ3v) is 5.06. The maximum Gasteiger partial charge on any atom is 0.191 e. The molecule has 0 aliphatic rings. The summed E-state index contributed by atoms with van der Waals surface area (Å²) in [5.41, 5.74) is 4.21. The van der Waals surface area contributed by atoms with Gasteiger partial charge in [-0.2, -0.15) is 0 Å². The first-order valence-corrected chi connectivity index (χ1v) is 9.46. The van der Waals surface area contributed by atoms with Crippen LogP contribution in [0.15, 0.2) is 71.3 Å². The Morgan fingerprint density at radius 2 is 1.89 bits per heavy atom. The van der Waals surface area contributed by atoms with Crippen molar-refractivity contribution >= 4 is 10.8 Å². The third-order valence-electron chi connectivity index (χ3n) is 5.06. The van der Waals surface area contributed by atoms with Gasteiger partial charge in [-0.15, -0.1) is 0 Å². The van der Waals surface area contributed by atoms with Crippen LogP contribution in [-0.2, 0) is 6.54 Å². The molecule has 4 rings (SSSR count). The molecule has 0 saturated carbocycles. The molecule has 0 aliphatic carbocycles. The van der Waals surface area contributed by atoms with E-state index in [1.54, 1.807) is 13.4 Å². The fraction of sp³-hybridized carbons (Fsp3) is 0.208. The van der Waals surface area contributed by atoms with E-state index in [-0.39, 0.29) is 6.04 Å². The molecule has 1 atom stereocenters. The molecule has 0 aliphatic heterocycles. The molecule has 0 saturated heterocycles. The number of rotatable bonds is 6. The van der Waals surface area contributed by atoms with Gasteiger partial charge in [0.15, 0.2) is 5.89 Å². The third kappa shape index (κ3) is 3.64. The lowest BCUT2D eigenvalue weighted by Gasteiger charge is -2.17. The average Bonchev–Trinajstić information content (AvgIpc) is 3.17. The Morgan fingerprint density at radius 3 is 2.68 bits per heavy atom. The van der Waals surface area contributed by atoms with Crippen molar-refractivity contribution in [1.82, 2.24) is 10.3 Å². The molecule has 0 unspecified atom stereocenters. The van der Waals surface area contributed by atoms with Gasteiger partial charge in [-0.3, -0.25) is 0 Å². The second-order valence-corrected chi connectivity index (χ2v) is 6.96. The highest BCUT2D eigenvalue weighted by Crippen LogP contribution is 2.31. The minimum atomic E-state index is 0.228. The number of aromatic nitrogens is 1. The van der Waals surface area contributed by atoms with Gasteiger partial charge in [0.2, 0.25) is 0 Å². The van der Waals surface area contributed by atoms with Crippen LogP contribution in [0.5, 0.6) is 5.75 Å². The van der Waals surface area contributed by atoms with Gasteiger partial charge >= 0.3 is 0 Å². The number of methoxy groups -OCH3 is 1. The normalized spacial score (nSPS) is 12.2. The van der Waals surface area contributed by atoms with E-state index in [1.165, 1.54) is 21.9 Å². The zero-order valence-corrected chi connectivity index (χ0v) is 16.4. The van der Waals surface area contributed by atoms with Crippen molar-refractivity contribution in [1.29, 1.82) is 0 Å². The second-order valence-electron chi connectivity index (χ2n) is 6.96. The molecule has 4 nitrogen and oxygen atoms in total. The lowest BCUT2D eigenvalue weighted by atomic mass is 9.99. The summed E-state index contributed by atoms with van der Waals surface area (Å²) in [7, 11) is 1.67. The van der Waals surface area contributed by atoms with E-state index in [9.17, 15) is 0 Å². The number of hydrogen-bond acceptors (Lipinski definition) is 4. The monoisotopic (exact) mass is 372 g/mol. The van der Waals surface area contributed by atoms with Crippen molar-refractivity contribution in [2.45, 2.75) is 26.4 Å². The number of fused-ring (bicyclic) bond motifs is 1. The van der Waals surface area contributed by atoms with E-state index in [2.05, 4.69) is 71.8 Å². The molecule has 0 radical (unpaired) electrons. The molecule has 1 N–H and O–H groups in total. The van der Waals surface area contributed by atoms with Crippen molar-refractivity contribution < 1.29 is 9.15 Å². The molecule has 4 aromatic rings. The highest BCUT2D eigenvalue weighted by molar-refractivity contribution is 5.86. The summed E-state index contributed by atoms with van der Waals surface area (Å²) in [6.07, 6.45) is 1.67. The molecule has 142 valence electrons. The predicted octanol–water partition coefficient (Wildman–Crippen LogP) is 5.66. The zero-order chi connectivity index (χ0) is 19.5. The summed E-state index contributed by atoms with van der Waals surface area (Å²) in [6.45, 7) is 4.79. The number of nitrogens with zero attached hydrogens (tertiary/aromatic N) is 1. The van der Waals surface area contributed by atoms with Crippen LogP contribution in [-0.4, -0.2) is 12.1 Å². The minimum absolute atomic E-state index is 0.228. The topological polar surface area (TPSA) is 47.3 Å². The van der Waals surface area contributed by atoms with Crippen LogP contribution in [0.1, 0.15) is 30.0 Å². The number of hydrogen-bond donors (Lipinski definition) is 1. The van der Waals surface area contributed by atoms with Crippen molar-refractivity contribution in [3.8, 4) is 17.0 Å². The maximum atomic E-state index is 5.51. The van der Waals surface area contributed by atoms with Gasteiger partial charge in [-0.1, -0.05) is 48.5 Å². The maximum absolute atomic E-state index is 5.51. The van der Waals surface area contributed by atoms with E-state index in [1.807, 2.05) is 13.0 Å². The van der Waals surface area contributed by atoms with Crippen LogP contribution in [0, 0.1) is 6.92 Å². The summed E-state index contributed by atoms with van der Waals surface area (Å²) in [4.78, 5) is 4.44. The molecule has 4 heteroatoms. The molecule has 0 spiro atoms. The fourth-order valence-electron chi connectivity index (χ4n) is 3.56. The number of ether oxygens (including phenoxy) is 1. The van der Waals surface area contributed by atoms with E-state index >= 15 is 0 Å². The van der Waals surface area contributed by atoms with Gasteiger partial charge in [-0.25, -0.2) is 4.98 Å². The Labute approximate surface area is 165 Å². The van der Waals surface area contributed by atoms with Crippen LogP contribution in [0.25, 0.3) is 22.0 Å². The van der Waals surface area contributed by atoms with E-state index in [4.69, 9.17) is 9.15 Å². The molecule has 0 amide bonds. The predicted molar refractivity (Wildman–Crippen MR) is 112 cm³/mol. The summed E-state index contributed by atoms with van der Waals surface area (Å²) in [5.74, 6) is 1.43. The Balaban J connectivity index is 1.56. The zero-order valence-electron chi connectivity index (χ0n) is 16.4. The molecule has 3 aromatic carbocycles. The first-order chi connectivity index (χ1) is 13.7. The first-order valence-electron chi connectivity index (χ1n) is 9.46. The molecule has 0 fully saturated rings. The Morgan fingerprint density at radius 1 is 1.07 bits per heavy atom. The number of nitrogens with one attached hydrogen (secondary N) is 1. The van der Waals surface area contributed by atoms with Crippen molar-refractivity contribution in [3.05, 3.63) is 83.9 Å². The number of oxazole rings is 1. The number of benzene rings is 3. The van der Waals surface area contributed by atoms with Crippen LogP contribution in [0.4, 0.5) is 0 Å². The van der Waals surface area contributed by atoms with Crippen LogP contribution in [0.3, 0.4) is 0 Å². The Hall–Kier alpha value is -3.11. The SMILES string of the molecule is COc1ccc(CN[C@H](C)c2cccc3ccccc23)cc1-c1coc(C)n1. The van der Waals surface area contributed by atoms with Crippen LogP contribution >= 0.6 is 0 Å². The van der Waals surface area contributed by atoms with Gasteiger partial charge < -0.3 is 14.5 Å². The van der Waals surface area contributed by atoms with Crippen molar-refractivity contribution in [2.24, 2.45) is 0 Å². The quantitative estimate of drug-likeness (QED) is 0.474. The van der Waals surface area contributed by atoms with E-state index in [0.29, 0.717) is 5.89 Å². The largest absolute Gasteiger partial charge is 0.496 e. The lowest BCUT2D eigenvalue weighted by Crippen LogP contribution is -2.18. The summed E-state index contributed by atoms with van der Waals surface area (Å²) >= 11 is 0. The molecule has 1 heterocycles. The van der Waals surface area contributed by atoms with Gasteiger partial charge in [-0.05, 0) is 41.0 Å². The molecule has 1 aromatic heterocycles. The summed E-state index contributed by atoms with van der Waals surface area (Å²) < 4.78 is 10.9. The molecule has 28 heavy (non-hydrogen) atoms. The molecular weight excluding hydrogens is 348 g/mol. The molecule has 0 bridgehead atoms. The van der Waals surface area contributed by atoms with Gasteiger partial charge in [0.05, 0.1) is 7.11 Å². The molecular formula is C24H24N2O2. The minimum Gasteiger partial charge on any atom is -0.496 e. The van der Waals surface area contributed by atoms with Crippen molar-refractivity contribution in [3.63, 3.8) is 0 Å². The average molecular weight is 372 g/mol. The highest BCUT2D eigenvalue weighted by Gasteiger charge is 2.13. The first kappa shape index (κ1) is 18.3. The standard InChI is InChI=1S/C24H24N2O2/c1-16(20-10-6-8-19-7-4-5-9-21(19)20)25-14-18-11-12-24(27-3)22(13-18)23-15-28-17(2)26-23/h4-13,15-16,25H,14H2,1-3H3/t16-/m1/s1. The van der Waals surface area contributed by atoms with Gasteiger partial charge in [0.25, 0.3) is 0 Å².